The SMILES string of the molecule is Nc1cc(C2CC2)nc(C2CC2)c1. The largest absolute Gasteiger partial charge is 0.399 e. The first kappa shape index (κ1) is 7.36. The third-order valence-electron chi connectivity index (χ3n) is 2.88. The van der Waals surface area contributed by atoms with Crippen LogP contribution in [-0.4, -0.2) is 4.98 Å². The van der Waals surface area contributed by atoms with E-state index < -0.39 is 0 Å². The number of hydrogen-bond donors (Lipinski definition) is 1. The van der Waals surface area contributed by atoms with Gasteiger partial charge in [-0.1, -0.05) is 0 Å². The van der Waals surface area contributed by atoms with Crippen LogP contribution in [0, 0.1) is 0 Å². The first-order valence-electron chi connectivity index (χ1n) is 5.10. The summed E-state index contributed by atoms with van der Waals surface area (Å²) in [6, 6.07) is 4.09. The van der Waals surface area contributed by atoms with Gasteiger partial charge in [0.2, 0.25) is 0 Å². The monoisotopic (exact) mass is 174 g/mol. The lowest BCUT2D eigenvalue weighted by atomic mass is 10.2. The minimum absolute atomic E-state index is 0.723. The van der Waals surface area contributed by atoms with E-state index in [2.05, 4.69) is 4.98 Å². The summed E-state index contributed by atoms with van der Waals surface area (Å²) >= 11 is 0. The first-order valence-corrected chi connectivity index (χ1v) is 5.10. The minimum atomic E-state index is 0.723. The molecule has 0 saturated heterocycles. The van der Waals surface area contributed by atoms with Crippen LogP contribution in [0.2, 0.25) is 0 Å². The zero-order valence-electron chi connectivity index (χ0n) is 7.66. The summed E-state index contributed by atoms with van der Waals surface area (Å²) in [5.74, 6) is 1.45. The molecule has 13 heavy (non-hydrogen) atoms. The summed E-state index contributed by atoms with van der Waals surface area (Å²) in [5.41, 5.74) is 9.23. The fourth-order valence-electron chi connectivity index (χ4n) is 1.77. The molecule has 2 fully saturated rings. The Morgan fingerprint density at radius 2 is 1.46 bits per heavy atom. The molecule has 1 aromatic rings. The van der Waals surface area contributed by atoms with E-state index in [4.69, 9.17) is 5.73 Å². The first-order chi connectivity index (χ1) is 6.33. The number of nitrogens with two attached hydrogens (primary N) is 1. The van der Waals surface area contributed by atoms with Gasteiger partial charge in [-0.3, -0.25) is 4.98 Å². The Hall–Kier alpha value is -1.05. The normalized spacial score (nSPS) is 21.8. The Bertz CT molecular complexity index is 308. The maximum atomic E-state index is 5.85. The zero-order valence-corrected chi connectivity index (χ0v) is 7.66. The predicted octanol–water partition coefficient (Wildman–Crippen LogP) is 2.42. The van der Waals surface area contributed by atoms with Gasteiger partial charge in [-0.15, -0.1) is 0 Å². The van der Waals surface area contributed by atoms with Crippen LogP contribution in [0.5, 0.6) is 0 Å². The van der Waals surface area contributed by atoms with Crippen molar-refractivity contribution in [2.75, 3.05) is 5.73 Å². The molecule has 0 atom stereocenters. The molecule has 0 bridgehead atoms. The Morgan fingerprint density at radius 3 is 1.85 bits per heavy atom. The lowest BCUT2D eigenvalue weighted by molar-refractivity contribution is 0.941. The molecule has 1 aromatic heterocycles. The molecule has 2 heteroatoms. The molecule has 0 spiro atoms. The van der Waals surface area contributed by atoms with Crippen LogP contribution in [0.25, 0.3) is 0 Å². The summed E-state index contributed by atoms with van der Waals surface area (Å²) in [5, 5.41) is 0. The number of rotatable bonds is 2. The van der Waals surface area contributed by atoms with Crippen molar-refractivity contribution in [1.29, 1.82) is 0 Å². The summed E-state index contributed by atoms with van der Waals surface area (Å²) < 4.78 is 0. The Labute approximate surface area is 78.2 Å². The highest BCUT2D eigenvalue weighted by Gasteiger charge is 2.29. The van der Waals surface area contributed by atoms with Gasteiger partial charge in [0, 0.05) is 28.9 Å². The predicted molar refractivity (Wildman–Crippen MR) is 52.6 cm³/mol. The minimum Gasteiger partial charge on any atom is -0.399 e. The van der Waals surface area contributed by atoms with Gasteiger partial charge in [0.25, 0.3) is 0 Å². The maximum Gasteiger partial charge on any atom is 0.0458 e. The van der Waals surface area contributed by atoms with E-state index in [0.29, 0.717) is 0 Å². The highest BCUT2D eigenvalue weighted by atomic mass is 14.8. The number of pyridine rings is 1. The Morgan fingerprint density at radius 1 is 1.00 bits per heavy atom. The molecular formula is C11H14N2. The van der Waals surface area contributed by atoms with Gasteiger partial charge < -0.3 is 5.73 Å². The van der Waals surface area contributed by atoms with Gasteiger partial charge >= 0.3 is 0 Å². The van der Waals surface area contributed by atoms with E-state index in [0.717, 1.165) is 17.5 Å². The standard InChI is InChI=1S/C11H14N2/c12-9-5-10(7-1-2-7)13-11(6-9)8-3-4-8/h5-8H,1-4H2,(H2,12,13). The summed E-state index contributed by atoms with van der Waals surface area (Å²) in [4.78, 5) is 4.68. The van der Waals surface area contributed by atoms with Crippen LogP contribution in [-0.2, 0) is 0 Å². The topological polar surface area (TPSA) is 38.9 Å². The third kappa shape index (κ3) is 1.41. The van der Waals surface area contributed by atoms with Crippen molar-refractivity contribution in [3.8, 4) is 0 Å². The molecule has 2 N–H and O–H groups in total. The van der Waals surface area contributed by atoms with Gasteiger partial charge in [0.15, 0.2) is 0 Å². The molecule has 0 aliphatic heterocycles. The van der Waals surface area contributed by atoms with Crippen LogP contribution in [0.3, 0.4) is 0 Å². The molecular weight excluding hydrogens is 160 g/mol. The molecule has 0 aromatic carbocycles. The average Bonchev–Trinajstić information content (AvgIpc) is 2.98. The average molecular weight is 174 g/mol. The second-order valence-electron chi connectivity index (χ2n) is 4.30. The van der Waals surface area contributed by atoms with Crippen LogP contribution in [0.1, 0.15) is 48.9 Å². The lowest BCUT2D eigenvalue weighted by Gasteiger charge is -2.04. The molecule has 2 aliphatic rings. The van der Waals surface area contributed by atoms with Gasteiger partial charge in [-0.2, -0.15) is 0 Å². The summed E-state index contributed by atoms with van der Waals surface area (Å²) in [6.07, 6.45) is 5.22. The quantitative estimate of drug-likeness (QED) is 0.747. The van der Waals surface area contributed by atoms with E-state index in [1.807, 2.05) is 12.1 Å². The van der Waals surface area contributed by atoms with Gasteiger partial charge in [0.1, 0.15) is 0 Å². The Balaban J connectivity index is 1.99. The fourth-order valence-corrected chi connectivity index (χ4v) is 1.77. The summed E-state index contributed by atoms with van der Waals surface area (Å²) in [6.45, 7) is 0. The number of hydrogen-bond acceptors (Lipinski definition) is 2. The number of nitrogens with zero attached hydrogens (tertiary/aromatic N) is 1. The lowest BCUT2D eigenvalue weighted by Crippen LogP contribution is -1.96. The molecule has 0 radical (unpaired) electrons. The number of nitrogen functional groups attached to an aromatic ring is 1. The molecule has 68 valence electrons. The molecule has 2 nitrogen and oxygen atoms in total. The van der Waals surface area contributed by atoms with Gasteiger partial charge in [0.05, 0.1) is 0 Å². The van der Waals surface area contributed by atoms with E-state index in [-0.39, 0.29) is 0 Å². The maximum absolute atomic E-state index is 5.85. The second-order valence-corrected chi connectivity index (χ2v) is 4.30. The molecule has 0 unspecified atom stereocenters. The molecule has 3 rings (SSSR count). The van der Waals surface area contributed by atoms with Gasteiger partial charge in [-0.05, 0) is 37.8 Å². The summed E-state index contributed by atoms with van der Waals surface area (Å²) in [7, 11) is 0. The van der Waals surface area contributed by atoms with Crippen molar-refractivity contribution in [2.24, 2.45) is 0 Å². The second kappa shape index (κ2) is 2.47. The zero-order chi connectivity index (χ0) is 8.84. The van der Waals surface area contributed by atoms with E-state index >= 15 is 0 Å². The van der Waals surface area contributed by atoms with Crippen molar-refractivity contribution in [2.45, 2.75) is 37.5 Å². The molecule has 0 amide bonds. The van der Waals surface area contributed by atoms with E-state index in [9.17, 15) is 0 Å². The van der Waals surface area contributed by atoms with Crippen LogP contribution >= 0.6 is 0 Å². The molecule has 2 aliphatic carbocycles. The van der Waals surface area contributed by atoms with Crippen molar-refractivity contribution in [3.63, 3.8) is 0 Å². The number of aromatic nitrogens is 1. The van der Waals surface area contributed by atoms with E-state index in [1.54, 1.807) is 0 Å². The smallest absolute Gasteiger partial charge is 0.0458 e. The van der Waals surface area contributed by atoms with Crippen molar-refractivity contribution in [3.05, 3.63) is 23.5 Å². The van der Waals surface area contributed by atoms with Crippen molar-refractivity contribution < 1.29 is 0 Å². The molecule has 1 heterocycles. The Kier molecular flexibility index (Phi) is 1.40. The van der Waals surface area contributed by atoms with Crippen LogP contribution in [0.15, 0.2) is 12.1 Å². The van der Waals surface area contributed by atoms with Gasteiger partial charge in [-0.25, -0.2) is 0 Å². The highest BCUT2D eigenvalue weighted by Crippen LogP contribution is 2.43. The third-order valence-corrected chi connectivity index (χ3v) is 2.88. The van der Waals surface area contributed by atoms with Crippen molar-refractivity contribution >= 4 is 5.69 Å². The fraction of sp³-hybridized carbons (Fsp3) is 0.545. The number of anilines is 1. The highest BCUT2D eigenvalue weighted by molar-refractivity contribution is 5.43. The van der Waals surface area contributed by atoms with E-state index in [1.165, 1.54) is 37.1 Å². The molecule has 2 saturated carbocycles. The van der Waals surface area contributed by atoms with Crippen LogP contribution in [0.4, 0.5) is 5.69 Å². The van der Waals surface area contributed by atoms with Crippen molar-refractivity contribution in [1.82, 2.24) is 4.98 Å². The van der Waals surface area contributed by atoms with Crippen LogP contribution < -0.4 is 5.73 Å².